The van der Waals surface area contributed by atoms with Gasteiger partial charge < -0.3 is 9.64 Å². The average Bonchev–Trinajstić information content (AvgIpc) is 2.78. The van der Waals surface area contributed by atoms with Crippen molar-refractivity contribution in [2.24, 2.45) is 4.99 Å². The summed E-state index contributed by atoms with van der Waals surface area (Å²) in [6, 6.07) is 10.4. The van der Waals surface area contributed by atoms with Crippen molar-refractivity contribution in [1.82, 2.24) is 20.1 Å². The minimum atomic E-state index is -0.745. The standard InChI is InChI=1S/C20H16N6O5/c1-25(2)20(28)31-17-7-4-9-21-16(17)12-22-19(27)18-15(8-10-23-24-18)13-5-3-6-14(11-13)26(29)30/h3-12H,1-2H3/b22-12-. The van der Waals surface area contributed by atoms with Crippen LogP contribution in [-0.4, -0.2) is 57.3 Å². The number of benzene rings is 1. The smallest absolute Gasteiger partial charge is 0.408 e. The van der Waals surface area contributed by atoms with E-state index in [2.05, 4.69) is 20.2 Å². The molecular weight excluding hydrogens is 404 g/mol. The van der Waals surface area contributed by atoms with Crippen molar-refractivity contribution in [3.05, 3.63) is 76.4 Å². The molecule has 3 aromatic rings. The quantitative estimate of drug-likeness (QED) is 0.348. The maximum Gasteiger partial charge on any atom is 0.414 e. The molecule has 3 rings (SSSR count). The lowest BCUT2D eigenvalue weighted by atomic mass is 10.0. The van der Waals surface area contributed by atoms with Crippen LogP contribution in [0.15, 0.2) is 59.9 Å². The number of non-ortho nitro benzene ring substituents is 1. The number of aliphatic imine (C=N–C) groups is 1. The van der Waals surface area contributed by atoms with Crippen molar-refractivity contribution >= 4 is 23.9 Å². The molecule has 0 atom stereocenters. The van der Waals surface area contributed by atoms with E-state index >= 15 is 0 Å². The number of hydrogen-bond donors (Lipinski definition) is 0. The van der Waals surface area contributed by atoms with E-state index in [0.717, 1.165) is 6.21 Å². The fourth-order valence-electron chi connectivity index (χ4n) is 2.46. The molecule has 2 amide bonds. The molecule has 11 heteroatoms. The van der Waals surface area contributed by atoms with Crippen molar-refractivity contribution in [3.63, 3.8) is 0 Å². The summed E-state index contributed by atoms with van der Waals surface area (Å²) >= 11 is 0. The highest BCUT2D eigenvalue weighted by atomic mass is 16.6. The third-order valence-electron chi connectivity index (χ3n) is 3.96. The van der Waals surface area contributed by atoms with E-state index in [4.69, 9.17) is 4.74 Å². The van der Waals surface area contributed by atoms with Gasteiger partial charge in [0.05, 0.1) is 17.3 Å². The zero-order valence-corrected chi connectivity index (χ0v) is 16.5. The minimum absolute atomic E-state index is 0.0954. The van der Waals surface area contributed by atoms with Gasteiger partial charge in [-0.2, -0.15) is 5.10 Å². The number of aromatic nitrogens is 3. The first-order chi connectivity index (χ1) is 14.9. The fraction of sp³-hybridized carbons (Fsp3) is 0.100. The Balaban J connectivity index is 1.91. The van der Waals surface area contributed by atoms with Gasteiger partial charge >= 0.3 is 6.09 Å². The van der Waals surface area contributed by atoms with Crippen LogP contribution < -0.4 is 4.74 Å². The molecule has 156 valence electrons. The summed E-state index contributed by atoms with van der Waals surface area (Å²) < 4.78 is 5.20. The largest absolute Gasteiger partial charge is 0.414 e. The molecule has 2 heterocycles. The molecular formula is C20H16N6O5. The predicted octanol–water partition coefficient (Wildman–Crippen LogP) is 2.77. The summed E-state index contributed by atoms with van der Waals surface area (Å²) in [7, 11) is 3.05. The number of hydrogen-bond acceptors (Lipinski definition) is 8. The summed E-state index contributed by atoms with van der Waals surface area (Å²) in [6.07, 6.45) is 3.35. The van der Waals surface area contributed by atoms with Crippen LogP contribution in [0.5, 0.6) is 5.75 Å². The van der Waals surface area contributed by atoms with Crippen molar-refractivity contribution in [1.29, 1.82) is 0 Å². The Hall–Kier alpha value is -4.54. The van der Waals surface area contributed by atoms with Gasteiger partial charge in [0.1, 0.15) is 5.69 Å². The monoisotopic (exact) mass is 420 g/mol. The van der Waals surface area contributed by atoms with Crippen LogP contribution in [0.2, 0.25) is 0 Å². The van der Waals surface area contributed by atoms with Crippen molar-refractivity contribution in [3.8, 4) is 16.9 Å². The Kier molecular flexibility index (Phi) is 6.36. The molecule has 0 fully saturated rings. The number of nitro groups is 1. The van der Waals surface area contributed by atoms with E-state index in [1.807, 2.05) is 0 Å². The van der Waals surface area contributed by atoms with Gasteiger partial charge in [0.25, 0.3) is 11.6 Å². The maximum atomic E-state index is 12.7. The van der Waals surface area contributed by atoms with E-state index in [9.17, 15) is 19.7 Å². The third-order valence-corrected chi connectivity index (χ3v) is 3.96. The number of ether oxygens (including phenoxy) is 1. The Labute approximate surface area is 176 Å². The molecule has 31 heavy (non-hydrogen) atoms. The zero-order valence-electron chi connectivity index (χ0n) is 16.5. The van der Waals surface area contributed by atoms with Crippen molar-refractivity contribution in [2.45, 2.75) is 0 Å². The lowest BCUT2D eigenvalue weighted by molar-refractivity contribution is -0.384. The number of pyridine rings is 1. The molecule has 0 saturated heterocycles. The molecule has 0 aliphatic heterocycles. The number of nitro benzene ring substituents is 1. The number of carbonyl (C=O) groups excluding carboxylic acids is 2. The highest BCUT2D eigenvalue weighted by Crippen LogP contribution is 2.26. The molecule has 0 saturated carbocycles. The van der Waals surface area contributed by atoms with E-state index in [0.29, 0.717) is 11.1 Å². The SMILES string of the molecule is CN(C)C(=O)Oc1cccnc1/C=N\C(=O)c1nnccc1-c1cccc([N+](=O)[O-])c1. The molecule has 0 spiro atoms. The highest BCUT2D eigenvalue weighted by Gasteiger charge is 2.17. The van der Waals surface area contributed by atoms with Gasteiger partial charge in [0.15, 0.2) is 11.4 Å². The molecule has 11 nitrogen and oxygen atoms in total. The molecule has 0 bridgehead atoms. The maximum absolute atomic E-state index is 12.7. The van der Waals surface area contributed by atoms with Gasteiger partial charge in [-0.25, -0.2) is 9.79 Å². The lowest BCUT2D eigenvalue weighted by Crippen LogP contribution is -2.25. The van der Waals surface area contributed by atoms with Gasteiger partial charge in [-0.05, 0) is 23.8 Å². The molecule has 0 aliphatic rings. The van der Waals surface area contributed by atoms with Gasteiger partial charge in [-0.3, -0.25) is 19.9 Å². The Morgan fingerprint density at radius 3 is 2.71 bits per heavy atom. The van der Waals surface area contributed by atoms with Gasteiger partial charge in [0, 0.05) is 38.0 Å². The normalized spacial score (nSPS) is 10.6. The topological polar surface area (TPSA) is 141 Å². The predicted molar refractivity (Wildman–Crippen MR) is 110 cm³/mol. The van der Waals surface area contributed by atoms with Crippen LogP contribution in [0, 0.1) is 10.1 Å². The minimum Gasteiger partial charge on any atom is -0.408 e. The third kappa shape index (κ3) is 5.09. The number of amides is 2. The van der Waals surface area contributed by atoms with Crippen LogP contribution in [0.4, 0.5) is 10.5 Å². The Bertz CT molecular complexity index is 1180. The van der Waals surface area contributed by atoms with E-state index in [1.165, 1.54) is 61.7 Å². The molecule has 2 aromatic heterocycles. The second-order valence-corrected chi connectivity index (χ2v) is 6.31. The van der Waals surface area contributed by atoms with Crippen LogP contribution in [-0.2, 0) is 0 Å². The Morgan fingerprint density at radius 2 is 1.97 bits per heavy atom. The van der Waals surface area contributed by atoms with Gasteiger partial charge in [-0.1, -0.05) is 12.1 Å². The van der Waals surface area contributed by atoms with Crippen molar-refractivity contribution in [2.75, 3.05) is 14.1 Å². The summed E-state index contributed by atoms with van der Waals surface area (Å²) in [6.45, 7) is 0. The van der Waals surface area contributed by atoms with E-state index < -0.39 is 16.9 Å². The first-order valence-corrected chi connectivity index (χ1v) is 8.86. The Morgan fingerprint density at radius 1 is 1.16 bits per heavy atom. The summed E-state index contributed by atoms with van der Waals surface area (Å²) in [5.41, 5.74) is 0.688. The van der Waals surface area contributed by atoms with E-state index in [-0.39, 0.29) is 22.8 Å². The average molecular weight is 420 g/mol. The number of rotatable bonds is 5. The molecule has 0 aliphatic carbocycles. The summed E-state index contributed by atoms with van der Waals surface area (Å²) in [5.74, 6) is -0.624. The van der Waals surface area contributed by atoms with Crippen LogP contribution in [0.25, 0.3) is 11.1 Å². The fourth-order valence-corrected chi connectivity index (χ4v) is 2.46. The number of carbonyl (C=O) groups is 2. The summed E-state index contributed by atoms with van der Waals surface area (Å²) in [5, 5.41) is 18.6. The van der Waals surface area contributed by atoms with Crippen molar-refractivity contribution < 1.29 is 19.2 Å². The van der Waals surface area contributed by atoms with Crippen LogP contribution in [0.3, 0.4) is 0 Å². The summed E-state index contributed by atoms with van der Waals surface area (Å²) in [4.78, 5) is 44.2. The molecule has 0 radical (unpaired) electrons. The lowest BCUT2D eigenvalue weighted by Gasteiger charge is -2.11. The first kappa shape index (κ1) is 21.2. The molecule has 0 unspecified atom stereocenters. The second kappa shape index (κ2) is 9.31. The van der Waals surface area contributed by atoms with Crippen LogP contribution in [0.1, 0.15) is 16.2 Å². The van der Waals surface area contributed by atoms with Crippen LogP contribution >= 0.6 is 0 Å². The molecule has 0 N–H and O–H groups in total. The first-order valence-electron chi connectivity index (χ1n) is 8.86. The second-order valence-electron chi connectivity index (χ2n) is 6.31. The zero-order chi connectivity index (χ0) is 22.4. The molecule has 1 aromatic carbocycles. The van der Waals surface area contributed by atoms with E-state index in [1.54, 1.807) is 12.1 Å². The van der Waals surface area contributed by atoms with Gasteiger partial charge in [0.2, 0.25) is 0 Å². The number of nitrogens with zero attached hydrogens (tertiary/aromatic N) is 6. The van der Waals surface area contributed by atoms with Gasteiger partial charge in [-0.15, -0.1) is 5.10 Å². The highest BCUT2D eigenvalue weighted by molar-refractivity contribution is 6.04.